The molecule has 0 aliphatic heterocycles. The highest BCUT2D eigenvalue weighted by molar-refractivity contribution is 9.13. The van der Waals surface area contributed by atoms with Gasteiger partial charge in [-0.1, -0.05) is 0 Å². The standard InChI is InChI=1S/C72H64Br16O16/c1-89-57-25-17-27-43(75)66(98-10)45(77)29(58(27)90-2)19-31-47(79)68(100-12)49(81)33(60(31)92-4)21-35-51(83)70(102-14)53(85)37(62(35)94-6)23-39-55(87)72(104-16)56(88)40(64(39)96-8)24-38-54(86)71(103-15)52(84)36(63(38)95-7)22-34-50(82)69(101-13)48(80)32(61(34)93-5)20-30-46(78)67(99-11)44(76)28(59(30)91-3)18-26(57)42(74)65(97-9)41(25)73/h17-24H2,1-16H3. The summed E-state index contributed by atoms with van der Waals surface area (Å²) in [6.07, 6.45) is 1.43. The van der Waals surface area contributed by atoms with E-state index < -0.39 is 0 Å². The number of methoxy groups -OCH3 is 16. The molecule has 16 bridgehead atoms. The second-order valence-corrected chi connectivity index (χ2v) is 35.3. The number of ether oxygens (including phenoxy) is 16. The van der Waals surface area contributed by atoms with Crippen LogP contribution in [0.3, 0.4) is 0 Å². The summed E-state index contributed by atoms with van der Waals surface area (Å²) < 4.78 is 113. The van der Waals surface area contributed by atoms with Gasteiger partial charge in [0.15, 0.2) is 0 Å². The quantitative estimate of drug-likeness (QED) is 0.0902. The molecular formula is C72H64Br16O16. The Morgan fingerprint density at radius 3 is 0.221 bits per heavy atom. The van der Waals surface area contributed by atoms with Crippen molar-refractivity contribution in [2.45, 2.75) is 51.4 Å². The van der Waals surface area contributed by atoms with Crippen molar-refractivity contribution in [3.63, 3.8) is 0 Å². The third-order valence-corrected chi connectivity index (χ3v) is 31.3. The Kier molecular flexibility index (Phi) is 30.5. The summed E-state index contributed by atoms with van der Waals surface area (Å²) in [4.78, 5) is 0. The van der Waals surface area contributed by atoms with E-state index in [4.69, 9.17) is 75.8 Å². The van der Waals surface area contributed by atoms with E-state index in [1.807, 2.05) is 0 Å². The molecule has 32 heteroatoms. The van der Waals surface area contributed by atoms with Crippen LogP contribution in [0.15, 0.2) is 71.6 Å². The van der Waals surface area contributed by atoms with Crippen molar-refractivity contribution in [3.05, 3.63) is 161 Å². The Labute approximate surface area is 738 Å². The Hall–Kier alpha value is -1.76. The molecule has 9 rings (SSSR count). The van der Waals surface area contributed by atoms with Crippen molar-refractivity contribution < 1.29 is 75.8 Å². The van der Waals surface area contributed by atoms with Gasteiger partial charge in [-0.2, -0.15) is 0 Å². The molecule has 1 aliphatic carbocycles. The fourth-order valence-corrected chi connectivity index (χ4v) is 26.4. The Bertz CT molecular complexity index is 3640. The molecule has 0 spiro atoms. The topological polar surface area (TPSA) is 148 Å². The maximum Gasteiger partial charge on any atom is 0.148 e. The minimum Gasteiger partial charge on any atom is -0.496 e. The first kappa shape index (κ1) is 86.2. The number of hydrogen-bond donors (Lipinski definition) is 0. The van der Waals surface area contributed by atoms with Crippen molar-refractivity contribution in [2.24, 2.45) is 0 Å². The highest BCUT2D eigenvalue weighted by atomic mass is 79.9. The van der Waals surface area contributed by atoms with E-state index in [9.17, 15) is 0 Å². The average Bonchev–Trinajstić information content (AvgIpc) is 0.753. The predicted octanol–water partition coefficient (Wildman–Crippen LogP) is 25.1. The monoisotopic (exact) mass is 2450 g/mol. The van der Waals surface area contributed by atoms with Crippen LogP contribution in [0.5, 0.6) is 92.0 Å². The third-order valence-electron chi connectivity index (χ3n) is 17.9. The lowest BCUT2D eigenvalue weighted by Gasteiger charge is -2.27. The van der Waals surface area contributed by atoms with E-state index in [0.717, 1.165) is 0 Å². The van der Waals surface area contributed by atoms with Crippen LogP contribution in [0.4, 0.5) is 0 Å². The van der Waals surface area contributed by atoms with Crippen molar-refractivity contribution in [1.82, 2.24) is 0 Å². The fraction of sp³-hybridized carbons (Fsp3) is 0.333. The highest BCUT2D eigenvalue weighted by Gasteiger charge is 2.38. The van der Waals surface area contributed by atoms with Gasteiger partial charge in [-0.3, -0.25) is 0 Å². The van der Waals surface area contributed by atoms with Gasteiger partial charge in [-0.05, 0) is 255 Å². The second-order valence-electron chi connectivity index (χ2n) is 22.6. The molecule has 0 saturated carbocycles. The number of halogens is 16. The summed E-state index contributed by atoms with van der Waals surface area (Å²) in [6.45, 7) is 0. The second kappa shape index (κ2) is 36.8. The fourth-order valence-electron chi connectivity index (χ4n) is 13.4. The normalized spacial score (nSPS) is 12.3. The zero-order valence-corrected chi connectivity index (χ0v) is 83.6. The Morgan fingerprint density at radius 1 is 0.115 bits per heavy atom. The van der Waals surface area contributed by atoms with Crippen LogP contribution in [-0.4, -0.2) is 114 Å². The van der Waals surface area contributed by atoms with Gasteiger partial charge in [0.2, 0.25) is 0 Å². The molecular weight excluding hydrogens is 2400 g/mol. The lowest BCUT2D eigenvalue weighted by molar-refractivity contribution is 0.380. The highest BCUT2D eigenvalue weighted by Crippen LogP contribution is 2.60. The lowest BCUT2D eigenvalue weighted by Crippen LogP contribution is -2.11. The molecule has 8 aromatic carbocycles. The molecule has 16 nitrogen and oxygen atoms in total. The SMILES string of the molecule is COc1c(Br)c2c(OC)c(c1Br)Cc1c(Br)c(OC)c(Br)c(c1OC)Cc1c(Br)c(OC)c(Br)c(c1OC)Cc1c(Br)c(OC)c(Br)c(c1OC)Cc1c(Br)c(OC)c(Br)c(c1OC)Cc1c(Br)c(OC)c(Br)c(c1OC)Cc1c(Br)c(OC)c(Br)c(c1OC)Cc1c(Br)c(OC)c(Br)c(c1OC)C2. The van der Waals surface area contributed by atoms with E-state index in [1.54, 1.807) is 114 Å². The summed E-state index contributed by atoms with van der Waals surface area (Å²) in [5.74, 6) is 8.04. The van der Waals surface area contributed by atoms with E-state index in [1.165, 1.54) is 0 Å². The molecule has 0 N–H and O–H groups in total. The zero-order chi connectivity index (χ0) is 76.7. The summed E-state index contributed by atoms with van der Waals surface area (Å²) >= 11 is 64.1. The maximum atomic E-state index is 6.63. The number of rotatable bonds is 16. The molecule has 0 fully saturated rings. The van der Waals surface area contributed by atoms with Crippen molar-refractivity contribution in [3.8, 4) is 92.0 Å². The van der Waals surface area contributed by atoms with Crippen LogP contribution in [0, 0.1) is 0 Å². The van der Waals surface area contributed by atoms with E-state index in [2.05, 4.69) is 255 Å². The van der Waals surface area contributed by atoms with Crippen LogP contribution >= 0.6 is 255 Å². The van der Waals surface area contributed by atoms with Crippen LogP contribution in [0.1, 0.15) is 89.0 Å². The first-order chi connectivity index (χ1) is 49.6. The molecule has 0 heterocycles. The average molecular weight is 2460 g/mol. The molecule has 1 aliphatic rings. The smallest absolute Gasteiger partial charge is 0.148 e. The number of benzene rings is 8. The minimum absolute atomic E-state index is 0.178. The summed E-state index contributed by atoms with van der Waals surface area (Å²) in [5, 5.41) is 0. The molecule has 0 unspecified atom stereocenters. The van der Waals surface area contributed by atoms with Crippen LogP contribution in [0.25, 0.3) is 0 Å². The molecule has 0 aromatic heterocycles. The van der Waals surface area contributed by atoms with E-state index >= 15 is 0 Å². The van der Waals surface area contributed by atoms with Crippen molar-refractivity contribution >= 4 is 255 Å². The van der Waals surface area contributed by atoms with Crippen molar-refractivity contribution in [2.75, 3.05) is 114 Å². The first-order valence-corrected chi connectivity index (χ1v) is 43.2. The molecule has 0 atom stereocenters. The zero-order valence-electron chi connectivity index (χ0n) is 58.2. The third kappa shape index (κ3) is 15.3. The largest absolute Gasteiger partial charge is 0.496 e. The summed E-state index contributed by atoms with van der Waals surface area (Å²) in [7, 11) is 26.0. The van der Waals surface area contributed by atoms with Gasteiger partial charge in [0.1, 0.15) is 92.0 Å². The Morgan fingerprint density at radius 2 is 0.173 bits per heavy atom. The van der Waals surface area contributed by atoms with Crippen LogP contribution in [0.2, 0.25) is 0 Å². The summed E-state index contributed by atoms with van der Waals surface area (Å²) in [5.41, 5.74) is 11.2. The van der Waals surface area contributed by atoms with Gasteiger partial charge in [-0.25, -0.2) is 0 Å². The van der Waals surface area contributed by atoms with Crippen LogP contribution in [-0.2, 0) is 51.4 Å². The molecule has 0 saturated heterocycles. The van der Waals surface area contributed by atoms with Gasteiger partial charge in [0.25, 0.3) is 0 Å². The Balaban J connectivity index is 1.46. The minimum atomic E-state index is 0.178. The van der Waals surface area contributed by atoms with Gasteiger partial charge in [-0.15, -0.1) is 0 Å². The maximum absolute atomic E-state index is 6.63. The van der Waals surface area contributed by atoms with E-state index in [-0.39, 0.29) is 51.4 Å². The first-order valence-electron chi connectivity index (χ1n) is 30.5. The van der Waals surface area contributed by atoms with Gasteiger partial charge < -0.3 is 75.8 Å². The van der Waals surface area contributed by atoms with E-state index in [0.29, 0.717) is 253 Å². The lowest BCUT2D eigenvalue weighted by atomic mass is 9.90. The van der Waals surface area contributed by atoms with Crippen molar-refractivity contribution in [1.29, 1.82) is 0 Å². The summed E-state index contributed by atoms with van der Waals surface area (Å²) in [6, 6.07) is 0. The predicted molar refractivity (Wildman–Crippen MR) is 462 cm³/mol. The van der Waals surface area contributed by atoms with Crippen LogP contribution < -0.4 is 75.8 Å². The molecule has 0 amide bonds. The van der Waals surface area contributed by atoms with Gasteiger partial charge >= 0.3 is 0 Å². The molecule has 8 aromatic rings. The number of hydrogen-bond acceptors (Lipinski definition) is 16. The van der Waals surface area contributed by atoms with Gasteiger partial charge in [0, 0.05) is 140 Å². The molecule has 0 radical (unpaired) electrons. The van der Waals surface area contributed by atoms with Gasteiger partial charge in [0.05, 0.1) is 185 Å². The molecule has 104 heavy (non-hydrogen) atoms. The molecule has 560 valence electrons. The number of fused-ring (bicyclic) bond motifs is 16.